The van der Waals surface area contributed by atoms with Crippen molar-refractivity contribution in [3.8, 4) is 0 Å². The molecule has 0 fully saturated rings. The normalized spacial score (nSPS) is 11.0. The number of ether oxygens (including phenoxy) is 2. The molecular formula is C14H18ClN3O3. The lowest BCUT2D eigenvalue weighted by Gasteiger charge is -2.17. The van der Waals surface area contributed by atoms with Crippen LogP contribution in [0.3, 0.4) is 0 Å². The summed E-state index contributed by atoms with van der Waals surface area (Å²) in [5, 5.41) is 6.11. The van der Waals surface area contributed by atoms with Gasteiger partial charge in [0.2, 0.25) is 5.90 Å². The van der Waals surface area contributed by atoms with Gasteiger partial charge in [0.15, 0.2) is 6.61 Å². The van der Waals surface area contributed by atoms with Crippen molar-refractivity contribution in [2.75, 3.05) is 20.3 Å². The lowest BCUT2D eigenvalue weighted by atomic mass is 10.3. The zero-order valence-corrected chi connectivity index (χ0v) is 13.1. The third kappa shape index (κ3) is 5.43. The first-order valence-electron chi connectivity index (χ1n) is 6.32. The number of halogens is 1. The van der Waals surface area contributed by atoms with Gasteiger partial charge in [0.25, 0.3) is 0 Å². The molecule has 1 aromatic heterocycles. The van der Waals surface area contributed by atoms with Gasteiger partial charge in [-0.25, -0.2) is 4.79 Å². The van der Waals surface area contributed by atoms with E-state index in [-0.39, 0.29) is 6.61 Å². The summed E-state index contributed by atoms with van der Waals surface area (Å²) in [7, 11) is 1.69. The van der Waals surface area contributed by atoms with Crippen molar-refractivity contribution in [1.29, 1.82) is 0 Å². The Balaban J connectivity index is 2.64. The second kappa shape index (κ2) is 8.26. The van der Waals surface area contributed by atoms with Gasteiger partial charge in [-0.15, -0.1) is 5.10 Å². The fourth-order valence-corrected chi connectivity index (χ4v) is 1.65. The van der Waals surface area contributed by atoms with Crippen LogP contribution in [0.5, 0.6) is 0 Å². The van der Waals surface area contributed by atoms with Gasteiger partial charge in [0, 0.05) is 20.2 Å². The highest BCUT2D eigenvalue weighted by molar-refractivity contribution is 6.32. The van der Waals surface area contributed by atoms with Crippen molar-refractivity contribution in [3.05, 3.63) is 35.6 Å². The highest BCUT2D eigenvalue weighted by Gasteiger charge is 2.10. The highest BCUT2D eigenvalue weighted by atomic mass is 35.5. The summed E-state index contributed by atoms with van der Waals surface area (Å²) in [4.78, 5) is 15.3. The second-order valence-corrected chi connectivity index (χ2v) is 4.42. The molecule has 0 amide bonds. The van der Waals surface area contributed by atoms with Gasteiger partial charge in [-0.1, -0.05) is 18.2 Å². The molecule has 0 atom stereocenters. The van der Waals surface area contributed by atoms with E-state index < -0.39 is 5.97 Å². The van der Waals surface area contributed by atoms with Crippen molar-refractivity contribution in [2.45, 2.75) is 13.8 Å². The summed E-state index contributed by atoms with van der Waals surface area (Å²) >= 11 is 6.05. The van der Waals surface area contributed by atoms with Crippen LogP contribution in [0.4, 0.5) is 0 Å². The van der Waals surface area contributed by atoms with Gasteiger partial charge >= 0.3 is 5.97 Å². The minimum absolute atomic E-state index is 0.187. The largest absolute Gasteiger partial charge is 0.468 e. The van der Waals surface area contributed by atoms with Crippen LogP contribution in [-0.2, 0) is 14.3 Å². The molecule has 6 nitrogen and oxygen atoms in total. The molecule has 7 heteroatoms. The molecule has 0 bridgehead atoms. The molecule has 1 heterocycles. The van der Waals surface area contributed by atoms with E-state index in [1.54, 1.807) is 39.2 Å². The average Bonchev–Trinajstić information content (AvgIpc) is 2.45. The maximum Gasteiger partial charge on any atom is 0.344 e. The fourth-order valence-electron chi connectivity index (χ4n) is 1.42. The van der Waals surface area contributed by atoms with Gasteiger partial charge in [-0.3, -0.25) is 9.99 Å². The number of aromatic nitrogens is 1. The lowest BCUT2D eigenvalue weighted by Crippen LogP contribution is -2.18. The number of esters is 1. The average molecular weight is 312 g/mol. The monoisotopic (exact) mass is 311 g/mol. The standard InChI is InChI=1S/C14H18ClN3O3/c1-5-20-13(19)9-21-11(3)17-18(4)10(2)14-12(15)7-6-8-16-14/h6-8H,2,5,9H2,1,3-4H3/b17-11+. The van der Waals surface area contributed by atoms with E-state index >= 15 is 0 Å². The first kappa shape index (κ1) is 17.0. The number of nitrogens with zero attached hydrogens (tertiary/aromatic N) is 3. The SMILES string of the molecule is C=C(c1ncccc1Cl)N(C)/N=C(\C)OCC(=O)OCC. The maximum atomic E-state index is 11.2. The zero-order chi connectivity index (χ0) is 15.8. The Morgan fingerprint density at radius 1 is 1.52 bits per heavy atom. The number of hydrogen-bond donors (Lipinski definition) is 0. The highest BCUT2D eigenvalue weighted by Crippen LogP contribution is 2.22. The number of pyridine rings is 1. The van der Waals surface area contributed by atoms with Crippen LogP contribution in [0.2, 0.25) is 5.02 Å². The Morgan fingerprint density at radius 3 is 2.86 bits per heavy atom. The molecule has 0 aromatic carbocycles. The summed E-state index contributed by atoms with van der Waals surface area (Å²) in [6.45, 7) is 7.37. The van der Waals surface area contributed by atoms with E-state index in [0.717, 1.165) is 0 Å². The predicted octanol–water partition coefficient (Wildman–Crippen LogP) is 2.55. The summed E-state index contributed by atoms with van der Waals surface area (Å²) < 4.78 is 9.93. The molecule has 0 aliphatic rings. The molecule has 1 aromatic rings. The topological polar surface area (TPSA) is 64.0 Å². The Hall–Kier alpha value is -2.08. The number of hydrazone groups is 1. The molecule has 114 valence electrons. The van der Waals surface area contributed by atoms with Crippen LogP contribution in [0.25, 0.3) is 5.70 Å². The third-order valence-corrected chi connectivity index (χ3v) is 2.72. The van der Waals surface area contributed by atoms with Crippen molar-refractivity contribution in [2.24, 2.45) is 5.10 Å². The van der Waals surface area contributed by atoms with E-state index in [4.69, 9.17) is 21.1 Å². The molecular weight excluding hydrogens is 294 g/mol. The Morgan fingerprint density at radius 2 is 2.24 bits per heavy atom. The summed E-state index contributed by atoms with van der Waals surface area (Å²) in [5.74, 6) is -0.139. The molecule has 0 aliphatic heterocycles. The van der Waals surface area contributed by atoms with Crippen LogP contribution in [-0.4, -0.2) is 42.1 Å². The van der Waals surface area contributed by atoms with Crippen molar-refractivity contribution >= 4 is 29.2 Å². The molecule has 0 saturated heterocycles. The van der Waals surface area contributed by atoms with E-state index in [0.29, 0.717) is 28.9 Å². The Labute approximate surface area is 129 Å². The van der Waals surface area contributed by atoms with Gasteiger partial charge < -0.3 is 9.47 Å². The Kier molecular flexibility index (Phi) is 6.68. The molecule has 0 N–H and O–H groups in total. The van der Waals surface area contributed by atoms with E-state index in [1.165, 1.54) is 5.01 Å². The van der Waals surface area contributed by atoms with Crippen LogP contribution < -0.4 is 0 Å². The van der Waals surface area contributed by atoms with Gasteiger partial charge in [-0.05, 0) is 19.1 Å². The maximum absolute atomic E-state index is 11.2. The van der Waals surface area contributed by atoms with Gasteiger partial charge in [0.1, 0.15) is 5.69 Å². The number of rotatable bonds is 6. The summed E-state index contributed by atoms with van der Waals surface area (Å²) in [5.41, 5.74) is 1.04. The first-order valence-corrected chi connectivity index (χ1v) is 6.70. The number of carbonyl (C=O) groups is 1. The first-order chi connectivity index (χ1) is 9.95. The van der Waals surface area contributed by atoms with Crippen LogP contribution in [0.1, 0.15) is 19.5 Å². The summed E-state index contributed by atoms with van der Waals surface area (Å²) in [6, 6.07) is 3.45. The number of carbonyl (C=O) groups excluding carboxylic acids is 1. The van der Waals surface area contributed by atoms with Gasteiger partial charge in [0.05, 0.1) is 17.3 Å². The van der Waals surface area contributed by atoms with Crippen molar-refractivity contribution < 1.29 is 14.3 Å². The van der Waals surface area contributed by atoms with Crippen LogP contribution >= 0.6 is 11.6 Å². The molecule has 1 rings (SSSR count). The smallest absolute Gasteiger partial charge is 0.344 e. The van der Waals surface area contributed by atoms with E-state index in [9.17, 15) is 4.79 Å². The Bertz CT molecular complexity index is 546. The van der Waals surface area contributed by atoms with E-state index in [1.807, 2.05) is 0 Å². The second-order valence-electron chi connectivity index (χ2n) is 4.02. The zero-order valence-electron chi connectivity index (χ0n) is 12.3. The molecule has 21 heavy (non-hydrogen) atoms. The fraction of sp³-hybridized carbons (Fsp3) is 0.357. The minimum Gasteiger partial charge on any atom is -0.468 e. The molecule has 0 spiro atoms. The van der Waals surface area contributed by atoms with Crippen molar-refractivity contribution in [1.82, 2.24) is 9.99 Å². The van der Waals surface area contributed by atoms with Gasteiger partial charge in [-0.2, -0.15) is 0 Å². The molecule has 0 saturated carbocycles. The van der Waals surface area contributed by atoms with E-state index in [2.05, 4.69) is 16.7 Å². The quantitative estimate of drug-likeness (QED) is 0.350. The lowest BCUT2D eigenvalue weighted by molar-refractivity contribution is -0.145. The number of hydrogen-bond acceptors (Lipinski definition) is 6. The van der Waals surface area contributed by atoms with Crippen LogP contribution in [0, 0.1) is 0 Å². The molecule has 0 unspecified atom stereocenters. The minimum atomic E-state index is -0.443. The predicted molar refractivity (Wildman–Crippen MR) is 81.7 cm³/mol. The molecule has 0 radical (unpaired) electrons. The summed E-state index contributed by atoms with van der Waals surface area (Å²) in [6.07, 6.45) is 1.62. The molecule has 0 aliphatic carbocycles. The third-order valence-electron chi connectivity index (χ3n) is 2.42. The van der Waals surface area contributed by atoms with Crippen LogP contribution in [0.15, 0.2) is 30.0 Å². The van der Waals surface area contributed by atoms with Crippen molar-refractivity contribution in [3.63, 3.8) is 0 Å².